The molecule has 0 aliphatic rings. The van der Waals surface area contributed by atoms with Gasteiger partial charge in [-0.2, -0.15) is 0 Å². The molecule has 1 rings (SSSR count). The minimum Gasteiger partial charge on any atom is -0.492 e. The van der Waals surface area contributed by atoms with Crippen molar-refractivity contribution < 1.29 is 13.2 Å². The van der Waals surface area contributed by atoms with Gasteiger partial charge in [-0.1, -0.05) is 34.1 Å². The second-order valence-corrected chi connectivity index (χ2v) is 7.70. The summed E-state index contributed by atoms with van der Waals surface area (Å²) in [7, 11) is -3.04. The van der Waals surface area contributed by atoms with Gasteiger partial charge in [-0.3, -0.25) is 0 Å². The zero-order valence-corrected chi connectivity index (χ0v) is 13.3. The van der Waals surface area contributed by atoms with Crippen LogP contribution in [0.4, 0.5) is 0 Å². The van der Waals surface area contributed by atoms with Gasteiger partial charge in [0.2, 0.25) is 0 Å². The van der Waals surface area contributed by atoms with Gasteiger partial charge in [0, 0.05) is 10.9 Å². The monoisotopic (exact) mass is 334 g/mol. The molecule has 0 N–H and O–H groups in total. The lowest BCUT2D eigenvalue weighted by molar-refractivity contribution is 0.335. The predicted octanol–water partition coefficient (Wildman–Crippen LogP) is 3.09. The molecule has 0 aliphatic carbocycles. The van der Waals surface area contributed by atoms with Gasteiger partial charge >= 0.3 is 0 Å². The van der Waals surface area contributed by atoms with Crippen LogP contribution in [0.1, 0.15) is 25.0 Å². The van der Waals surface area contributed by atoms with Gasteiger partial charge in [0.05, 0.1) is 11.0 Å². The van der Waals surface area contributed by atoms with Crippen LogP contribution in [-0.2, 0) is 15.2 Å². The average Bonchev–Trinajstić information content (AvgIpc) is 2.30. The van der Waals surface area contributed by atoms with Gasteiger partial charge in [0.15, 0.2) is 9.84 Å². The molecule has 0 fully saturated rings. The molecule has 0 bridgehead atoms. The molecular formula is C13H19BrO3S. The zero-order valence-electron chi connectivity index (χ0n) is 10.9. The number of para-hydroxylation sites is 1. The molecule has 0 saturated heterocycles. The summed E-state index contributed by atoms with van der Waals surface area (Å²) in [5.74, 6) is 0.842. The summed E-state index contributed by atoms with van der Waals surface area (Å²) >= 11 is 3.40. The first-order valence-corrected chi connectivity index (χ1v) is 8.71. The van der Waals surface area contributed by atoms with Crippen molar-refractivity contribution in [1.29, 1.82) is 0 Å². The van der Waals surface area contributed by atoms with Crippen LogP contribution in [0, 0.1) is 6.92 Å². The van der Waals surface area contributed by atoms with Gasteiger partial charge in [-0.05, 0) is 26.3 Å². The second kappa shape index (κ2) is 6.57. The van der Waals surface area contributed by atoms with E-state index in [-0.39, 0.29) is 17.6 Å². The van der Waals surface area contributed by atoms with E-state index in [1.54, 1.807) is 13.8 Å². The molecule has 18 heavy (non-hydrogen) atoms. The largest absolute Gasteiger partial charge is 0.492 e. The average molecular weight is 335 g/mol. The summed E-state index contributed by atoms with van der Waals surface area (Å²) < 4.78 is 29.0. The molecule has 1 aromatic rings. The molecule has 0 heterocycles. The van der Waals surface area contributed by atoms with E-state index in [0.717, 1.165) is 16.9 Å². The predicted molar refractivity (Wildman–Crippen MR) is 78.2 cm³/mol. The topological polar surface area (TPSA) is 43.4 Å². The number of hydrogen-bond acceptors (Lipinski definition) is 3. The summed E-state index contributed by atoms with van der Waals surface area (Å²) in [5, 5.41) is 0.342. The Morgan fingerprint density at radius 2 is 2.00 bits per heavy atom. The number of alkyl halides is 1. The van der Waals surface area contributed by atoms with E-state index >= 15 is 0 Å². The van der Waals surface area contributed by atoms with Crippen LogP contribution in [0.5, 0.6) is 5.75 Å². The van der Waals surface area contributed by atoms with E-state index in [1.807, 2.05) is 25.1 Å². The highest BCUT2D eigenvalue weighted by Gasteiger charge is 2.16. The summed E-state index contributed by atoms with van der Waals surface area (Å²) in [6, 6.07) is 5.89. The van der Waals surface area contributed by atoms with Crippen LogP contribution in [0.2, 0.25) is 0 Å². The van der Waals surface area contributed by atoms with Crippen LogP contribution < -0.4 is 4.74 Å². The molecule has 0 amide bonds. The third-order valence-corrected chi connectivity index (χ3v) is 5.55. The molecule has 0 unspecified atom stereocenters. The van der Waals surface area contributed by atoms with Crippen LogP contribution in [0.15, 0.2) is 18.2 Å². The van der Waals surface area contributed by atoms with Crippen molar-refractivity contribution in [2.24, 2.45) is 0 Å². The van der Waals surface area contributed by atoms with Crippen molar-refractivity contribution in [3.8, 4) is 5.75 Å². The fourth-order valence-corrected chi connectivity index (χ4v) is 2.75. The zero-order chi connectivity index (χ0) is 13.8. The lowest BCUT2D eigenvalue weighted by atomic mass is 10.1. The van der Waals surface area contributed by atoms with Crippen molar-refractivity contribution in [1.82, 2.24) is 0 Å². The first kappa shape index (κ1) is 15.5. The number of benzene rings is 1. The highest BCUT2D eigenvalue weighted by Crippen LogP contribution is 2.25. The number of sulfone groups is 1. The van der Waals surface area contributed by atoms with Crippen molar-refractivity contribution in [2.75, 3.05) is 12.4 Å². The van der Waals surface area contributed by atoms with E-state index in [0.29, 0.717) is 5.33 Å². The third-order valence-electron chi connectivity index (χ3n) is 2.77. The quantitative estimate of drug-likeness (QED) is 0.751. The Morgan fingerprint density at radius 3 is 2.56 bits per heavy atom. The van der Waals surface area contributed by atoms with E-state index in [1.165, 1.54) is 0 Å². The smallest absolute Gasteiger partial charge is 0.155 e. The molecule has 0 atom stereocenters. The van der Waals surface area contributed by atoms with Crippen molar-refractivity contribution >= 4 is 25.8 Å². The van der Waals surface area contributed by atoms with Gasteiger partial charge in [0.1, 0.15) is 12.4 Å². The normalized spacial score (nSPS) is 11.8. The molecule has 0 aliphatic heterocycles. The van der Waals surface area contributed by atoms with Gasteiger partial charge in [0.25, 0.3) is 0 Å². The SMILES string of the molecule is Cc1cccc(CBr)c1OCCS(=O)(=O)C(C)C. The van der Waals surface area contributed by atoms with Crippen molar-refractivity contribution in [3.63, 3.8) is 0 Å². The van der Waals surface area contributed by atoms with Crippen LogP contribution >= 0.6 is 15.9 Å². The summed E-state index contributed by atoms with van der Waals surface area (Å²) in [4.78, 5) is 0. The summed E-state index contributed by atoms with van der Waals surface area (Å²) in [6.45, 7) is 5.53. The van der Waals surface area contributed by atoms with E-state index in [4.69, 9.17) is 4.74 Å². The molecule has 0 aromatic heterocycles. The van der Waals surface area contributed by atoms with Crippen LogP contribution in [0.25, 0.3) is 0 Å². The first-order valence-electron chi connectivity index (χ1n) is 5.87. The Bertz CT molecular complexity index is 495. The lowest BCUT2D eigenvalue weighted by Crippen LogP contribution is -2.22. The molecular weight excluding hydrogens is 316 g/mol. The highest BCUT2D eigenvalue weighted by molar-refractivity contribution is 9.08. The standard InChI is InChI=1S/C13H19BrO3S/c1-10(2)18(15,16)8-7-17-13-11(3)5-4-6-12(13)9-14/h4-6,10H,7-9H2,1-3H3. The lowest BCUT2D eigenvalue weighted by Gasteiger charge is -2.13. The summed E-state index contributed by atoms with van der Waals surface area (Å²) in [5.41, 5.74) is 2.06. The Balaban J connectivity index is 2.70. The van der Waals surface area contributed by atoms with Gasteiger partial charge in [-0.15, -0.1) is 0 Å². The summed E-state index contributed by atoms with van der Waals surface area (Å²) in [6.07, 6.45) is 0. The second-order valence-electron chi connectivity index (χ2n) is 4.46. The van der Waals surface area contributed by atoms with Crippen molar-refractivity contribution in [3.05, 3.63) is 29.3 Å². The minimum atomic E-state index is -3.04. The molecule has 3 nitrogen and oxygen atoms in total. The Morgan fingerprint density at radius 1 is 1.33 bits per heavy atom. The maximum absolute atomic E-state index is 11.7. The number of ether oxygens (including phenoxy) is 1. The molecule has 0 radical (unpaired) electrons. The van der Waals surface area contributed by atoms with Gasteiger partial charge < -0.3 is 4.74 Å². The van der Waals surface area contributed by atoms with E-state index in [9.17, 15) is 8.42 Å². The van der Waals surface area contributed by atoms with Gasteiger partial charge in [-0.25, -0.2) is 8.42 Å². The molecule has 5 heteroatoms. The maximum atomic E-state index is 11.7. The molecule has 102 valence electrons. The van der Waals surface area contributed by atoms with E-state index in [2.05, 4.69) is 15.9 Å². The number of aryl methyl sites for hydroxylation is 1. The third kappa shape index (κ3) is 3.99. The Hall–Kier alpha value is -0.550. The Labute approximate surface area is 118 Å². The molecule has 0 spiro atoms. The van der Waals surface area contributed by atoms with E-state index < -0.39 is 9.84 Å². The fraction of sp³-hybridized carbons (Fsp3) is 0.538. The van der Waals surface area contributed by atoms with Crippen molar-refractivity contribution in [2.45, 2.75) is 31.4 Å². The van der Waals surface area contributed by atoms with Crippen LogP contribution in [-0.4, -0.2) is 26.0 Å². The highest BCUT2D eigenvalue weighted by atomic mass is 79.9. The number of rotatable bonds is 6. The first-order chi connectivity index (χ1) is 8.38. The van der Waals surface area contributed by atoms with Crippen LogP contribution in [0.3, 0.4) is 0 Å². The fourth-order valence-electron chi connectivity index (χ4n) is 1.52. The number of hydrogen-bond donors (Lipinski definition) is 0. The Kier molecular flexibility index (Phi) is 5.66. The maximum Gasteiger partial charge on any atom is 0.155 e. The minimum absolute atomic E-state index is 0.0563. The molecule has 0 saturated carbocycles. The molecule has 1 aromatic carbocycles. The number of halogens is 1.